The van der Waals surface area contributed by atoms with E-state index in [2.05, 4.69) is 15.4 Å². The number of tetrazole rings is 1. The van der Waals surface area contributed by atoms with E-state index in [9.17, 15) is 9.18 Å². The van der Waals surface area contributed by atoms with Crippen LogP contribution in [0.3, 0.4) is 0 Å². The Labute approximate surface area is 97.3 Å². The second kappa shape index (κ2) is 4.40. The number of aromatic nitrogens is 4. The minimum Gasteiger partial charge on any atom is -0.294 e. The first-order valence-electron chi connectivity index (χ1n) is 5.08. The molecular formula is C11H11FN4O. The number of carbonyl (C=O) groups excluding carboxylic acids is 1. The Morgan fingerprint density at radius 3 is 2.82 bits per heavy atom. The zero-order chi connectivity index (χ0) is 12.4. The van der Waals surface area contributed by atoms with Gasteiger partial charge in [-0.1, -0.05) is 12.1 Å². The molecule has 0 N–H and O–H groups in total. The van der Waals surface area contributed by atoms with Crippen molar-refractivity contribution < 1.29 is 9.18 Å². The standard InChI is InChI=1S/C11H11FN4O/c1-7-3-4-8(5-9(7)12)10(17)6-11-13-15-16(2)14-11/h3-5H,6H2,1-2H3. The van der Waals surface area contributed by atoms with Gasteiger partial charge in [-0.05, 0) is 23.8 Å². The van der Waals surface area contributed by atoms with Gasteiger partial charge in [0.1, 0.15) is 5.82 Å². The summed E-state index contributed by atoms with van der Waals surface area (Å²) in [5, 5.41) is 11.2. The number of benzene rings is 1. The molecule has 0 saturated heterocycles. The third-order valence-electron chi connectivity index (χ3n) is 2.36. The number of nitrogens with zero attached hydrogens (tertiary/aromatic N) is 4. The van der Waals surface area contributed by atoms with Crippen molar-refractivity contribution in [2.75, 3.05) is 0 Å². The minimum absolute atomic E-state index is 0.0241. The molecular weight excluding hydrogens is 223 g/mol. The second-order valence-corrected chi connectivity index (χ2v) is 3.76. The summed E-state index contributed by atoms with van der Waals surface area (Å²) in [7, 11) is 1.62. The van der Waals surface area contributed by atoms with Crippen LogP contribution in [0.25, 0.3) is 0 Å². The van der Waals surface area contributed by atoms with Crippen molar-refractivity contribution >= 4 is 5.78 Å². The Balaban J connectivity index is 2.17. The lowest BCUT2D eigenvalue weighted by Crippen LogP contribution is -2.06. The molecule has 0 radical (unpaired) electrons. The summed E-state index contributed by atoms with van der Waals surface area (Å²) in [5.74, 6) is -0.279. The van der Waals surface area contributed by atoms with Crippen LogP contribution in [0, 0.1) is 12.7 Å². The molecule has 0 fully saturated rings. The van der Waals surface area contributed by atoms with E-state index in [4.69, 9.17) is 0 Å². The largest absolute Gasteiger partial charge is 0.294 e. The van der Waals surface area contributed by atoms with Crippen LogP contribution < -0.4 is 0 Å². The highest BCUT2D eigenvalue weighted by atomic mass is 19.1. The van der Waals surface area contributed by atoms with Crippen molar-refractivity contribution in [3.63, 3.8) is 0 Å². The fourth-order valence-corrected chi connectivity index (χ4v) is 1.41. The first-order valence-corrected chi connectivity index (χ1v) is 5.08. The zero-order valence-corrected chi connectivity index (χ0v) is 9.51. The number of Topliss-reactive ketones (excluding diaryl/α,β-unsaturated/α-hetero) is 1. The third kappa shape index (κ3) is 2.52. The van der Waals surface area contributed by atoms with E-state index in [0.717, 1.165) is 0 Å². The second-order valence-electron chi connectivity index (χ2n) is 3.76. The predicted octanol–water partition coefficient (Wildman–Crippen LogP) is 1.08. The van der Waals surface area contributed by atoms with Gasteiger partial charge in [0.2, 0.25) is 0 Å². The molecule has 0 spiro atoms. The molecule has 0 atom stereocenters. The van der Waals surface area contributed by atoms with E-state index >= 15 is 0 Å². The van der Waals surface area contributed by atoms with Gasteiger partial charge in [0, 0.05) is 5.56 Å². The summed E-state index contributed by atoms with van der Waals surface area (Å²) in [6.07, 6.45) is 0.0241. The molecule has 2 rings (SSSR count). The normalized spacial score (nSPS) is 10.5. The molecule has 6 heteroatoms. The molecule has 88 valence electrons. The van der Waals surface area contributed by atoms with Crippen molar-refractivity contribution in [1.82, 2.24) is 20.2 Å². The summed E-state index contributed by atoms with van der Waals surface area (Å²) < 4.78 is 13.3. The number of ketones is 1. The van der Waals surface area contributed by atoms with Gasteiger partial charge in [0.15, 0.2) is 11.6 Å². The summed E-state index contributed by atoms with van der Waals surface area (Å²) >= 11 is 0. The molecule has 0 aliphatic carbocycles. The highest BCUT2D eigenvalue weighted by Gasteiger charge is 2.12. The van der Waals surface area contributed by atoms with Crippen molar-refractivity contribution in [3.05, 3.63) is 41.0 Å². The summed E-state index contributed by atoms with van der Waals surface area (Å²) in [4.78, 5) is 13.1. The molecule has 0 aliphatic rings. The fourth-order valence-electron chi connectivity index (χ4n) is 1.41. The first kappa shape index (κ1) is 11.4. The number of hydrogen-bond donors (Lipinski definition) is 0. The van der Waals surface area contributed by atoms with Crippen molar-refractivity contribution in [2.24, 2.45) is 7.05 Å². The van der Waals surface area contributed by atoms with E-state index in [1.807, 2.05) is 0 Å². The lowest BCUT2D eigenvalue weighted by atomic mass is 10.1. The SMILES string of the molecule is Cc1ccc(C(=O)Cc2nnn(C)n2)cc1F. The number of halogens is 1. The van der Waals surface area contributed by atoms with Gasteiger partial charge in [-0.15, -0.1) is 10.2 Å². The Morgan fingerprint density at radius 1 is 1.47 bits per heavy atom. The van der Waals surface area contributed by atoms with Gasteiger partial charge in [0.05, 0.1) is 13.5 Å². The van der Waals surface area contributed by atoms with Gasteiger partial charge in [-0.2, -0.15) is 4.80 Å². The number of rotatable bonds is 3. The molecule has 1 aromatic carbocycles. The predicted molar refractivity (Wildman–Crippen MR) is 58.0 cm³/mol. The molecule has 0 unspecified atom stereocenters. The molecule has 5 nitrogen and oxygen atoms in total. The molecule has 0 bridgehead atoms. The van der Waals surface area contributed by atoms with Gasteiger partial charge >= 0.3 is 0 Å². The number of carbonyl (C=O) groups is 1. The Bertz CT molecular complexity index is 564. The van der Waals surface area contributed by atoms with E-state index < -0.39 is 0 Å². The van der Waals surface area contributed by atoms with Crippen LogP contribution in [0.15, 0.2) is 18.2 Å². The molecule has 1 aromatic heterocycles. The topological polar surface area (TPSA) is 60.7 Å². The Morgan fingerprint density at radius 2 is 2.24 bits per heavy atom. The fraction of sp³-hybridized carbons (Fsp3) is 0.273. The maximum Gasteiger partial charge on any atom is 0.182 e. The number of aryl methyl sites for hydroxylation is 2. The highest BCUT2D eigenvalue weighted by Crippen LogP contribution is 2.11. The lowest BCUT2D eigenvalue weighted by Gasteiger charge is -2.00. The average molecular weight is 234 g/mol. The Kier molecular flexibility index (Phi) is 2.95. The van der Waals surface area contributed by atoms with Gasteiger partial charge in [0.25, 0.3) is 0 Å². The highest BCUT2D eigenvalue weighted by molar-refractivity contribution is 5.97. The summed E-state index contributed by atoms with van der Waals surface area (Å²) in [6, 6.07) is 4.40. The first-order chi connectivity index (χ1) is 8.06. The van der Waals surface area contributed by atoms with E-state index in [0.29, 0.717) is 17.0 Å². The number of hydrogen-bond acceptors (Lipinski definition) is 4. The van der Waals surface area contributed by atoms with Crippen LogP contribution in [0.1, 0.15) is 21.7 Å². The molecule has 0 aliphatic heterocycles. The van der Waals surface area contributed by atoms with Gasteiger partial charge in [-0.25, -0.2) is 4.39 Å². The summed E-state index contributed by atoms with van der Waals surface area (Å²) in [6.45, 7) is 1.65. The molecule has 0 saturated carbocycles. The van der Waals surface area contributed by atoms with Crippen molar-refractivity contribution in [3.8, 4) is 0 Å². The van der Waals surface area contributed by atoms with Crippen LogP contribution in [0.4, 0.5) is 4.39 Å². The van der Waals surface area contributed by atoms with Crippen molar-refractivity contribution in [2.45, 2.75) is 13.3 Å². The zero-order valence-electron chi connectivity index (χ0n) is 9.51. The summed E-state index contributed by atoms with van der Waals surface area (Å²) in [5.41, 5.74) is 0.833. The molecule has 0 amide bonds. The average Bonchev–Trinajstić information content (AvgIpc) is 2.68. The monoisotopic (exact) mass is 234 g/mol. The van der Waals surface area contributed by atoms with E-state index in [1.165, 1.54) is 10.9 Å². The van der Waals surface area contributed by atoms with Crippen molar-refractivity contribution in [1.29, 1.82) is 0 Å². The van der Waals surface area contributed by atoms with E-state index in [1.54, 1.807) is 26.1 Å². The molecule has 2 aromatic rings. The third-order valence-corrected chi connectivity index (χ3v) is 2.36. The Hall–Kier alpha value is -2.11. The smallest absolute Gasteiger partial charge is 0.182 e. The maximum atomic E-state index is 13.3. The van der Waals surface area contributed by atoms with Gasteiger partial charge < -0.3 is 0 Å². The van der Waals surface area contributed by atoms with Crippen LogP contribution in [-0.2, 0) is 13.5 Å². The molecule has 1 heterocycles. The minimum atomic E-state index is -0.386. The quantitative estimate of drug-likeness (QED) is 0.746. The van der Waals surface area contributed by atoms with Crippen LogP contribution in [0.2, 0.25) is 0 Å². The van der Waals surface area contributed by atoms with Crippen LogP contribution >= 0.6 is 0 Å². The van der Waals surface area contributed by atoms with Gasteiger partial charge in [-0.3, -0.25) is 4.79 Å². The maximum absolute atomic E-state index is 13.3. The lowest BCUT2D eigenvalue weighted by molar-refractivity contribution is 0.0990. The molecule has 17 heavy (non-hydrogen) atoms. The van der Waals surface area contributed by atoms with E-state index in [-0.39, 0.29) is 18.0 Å². The van der Waals surface area contributed by atoms with Crippen LogP contribution in [0.5, 0.6) is 0 Å². The van der Waals surface area contributed by atoms with Crippen LogP contribution in [-0.4, -0.2) is 26.0 Å².